The van der Waals surface area contributed by atoms with Gasteiger partial charge in [-0.1, -0.05) is 0 Å². The molecule has 0 rings (SSSR count). The predicted octanol–water partition coefficient (Wildman–Crippen LogP) is -0.0642. The summed E-state index contributed by atoms with van der Waals surface area (Å²) in [4.78, 5) is 15.5. The minimum absolute atomic E-state index is 0.250. The molecule has 0 saturated carbocycles. The molecule has 0 aromatic heterocycles. The van der Waals surface area contributed by atoms with E-state index in [4.69, 9.17) is 16.4 Å². The first-order valence-electron chi connectivity index (χ1n) is 4.17. The first-order valence-corrected chi connectivity index (χ1v) is 4.17. The highest BCUT2D eigenvalue weighted by molar-refractivity contribution is 5.75. The molecular weight excluding hydrogens is 172 g/mol. The van der Waals surface area contributed by atoms with E-state index in [1.165, 1.54) is 0 Å². The van der Waals surface area contributed by atoms with E-state index in [0.29, 0.717) is 6.42 Å². The third-order valence-electron chi connectivity index (χ3n) is 1.26. The van der Waals surface area contributed by atoms with E-state index in [1.54, 1.807) is 20.8 Å². The lowest BCUT2D eigenvalue weighted by Crippen LogP contribution is -2.38. The molecule has 5 heteroatoms. The van der Waals surface area contributed by atoms with Gasteiger partial charge < -0.3 is 15.3 Å². The number of carbonyl (C=O) groups is 1. The molecule has 0 heterocycles. The van der Waals surface area contributed by atoms with Crippen LogP contribution in [0, 0.1) is 0 Å². The van der Waals surface area contributed by atoms with Crippen molar-refractivity contribution in [3.8, 4) is 0 Å². The summed E-state index contributed by atoms with van der Waals surface area (Å²) in [6.45, 7) is 5.62. The van der Waals surface area contributed by atoms with Gasteiger partial charge in [0.05, 0.1) is 6.61 Å². The molecule has 0 aromatic rings. The summed E-state index contributed by atoms with van der Waals surface area (Å²) in [5.74, 6) is 4.37. The number of carbonyl (C=O) groups excluding carboxylic acids is 1. The molecule has 0 unspecified atom stereocenters. The Morgan fingerprint density at radius 3 is 2.38 bits per heavy atom. The van der Waals surface area contributed by atoms with E-state index in [2.05, 4.69) is 4.84 Å². The van der Waals surface area contributed by atoms with Crippen LogP contribution in [0.5, 0.6) is 0 Å². The standard InChI is InChI=1S/C8H18N2O3/c1-8(2,3)13-7(11)6(9)4-5-12-10/h6H,4-5,9-10H2,1-3H3/t6-/m0/s1. The van der Waals surface area contributed by atoms with Crippen LogP contribution in [0.3, 0.4) is 0 Å². The fourth-order valence-corrected chi connectivity index (χ4v) is 0.690. The minimum Gasteiger partial charge on any atom is -0.459 e. The third-order valence-corrected chi connectivity index (χ3v) is 1.26. The maximum absolute atomic E-state index is 11.2. The zero-order valence-corrected chi connectivity index (χ0v) is 8.37. The second-order valence-corrected chi connectivity index (χ2v) is 3.80. The predicted molar refractivity (Wildman–Crippen MR) is 48.6 cm³/mol. The van der Waals surface area contributed by atoms with Crippen LogP contribution in [-0.2, 0) is 14.4 Å². The topological polar surface area (TPSA) is 87.6 Å². The van der Waals surface area contributed by atoms with Crippen LogP contribution in [0.1, 0.15) is 27.2 Å². The lowest BCUT2D eigenvalue weighted by molar-refractivity contribution is -0.156. The van der Waals surface area contributed by atoms with Gasteiger partial charge >= 0.3 is 5.97 Å². The van der Waals surface area contributed by atoms with Crippen LogP contribution in [-0.4, -0.2) is 24.2 Å². The smallest absolute Gasteiger partial charge is 0.323 e. The van der Waals surface area contributed by atoms with Crippen molar-refractivity contribution in [1.29, 1.82) is 0 Å². The van der Waals surface area contributed by atoms with Gasteiger partial charge in [-0.3, -0.25) is 4.79 Å². The number of hydrogen-bond acceptors (Lipinski definition) is 5. The summed E-state index contributed by atoms with van der Waals surface area (Å²) in [6.07, 6.45) is 0.366. The average molecular weight is 190 g/mol. The highest BCUT2D eigenvalue weighted by Gasteiger charge is 2.21. The fraction of sp³-hybridized carbons (Fsp3) is 0.875. The van der Waals surface area contributed by atoms with E-state index in [-0.39, 0.29) is 6.61 Å². The molecule has 5 nitrogen and oxygen atoms in total. The lowest BCUT2D eigenvalue weighted by Gasteiger charge is -2.21. The zero-order valence-electron chi connectivity index (χ0n) is 8.37. The van der Waals surface area contributed by atoms with E-state index >= 15 is 0 Å². The van der Waals surface area contributed by atoms with Crippen molar-refractivity contribution in [2.24, 2.45) is 11.6 Å². The Balaban J connectivity index is 3.83. The van der Waals surface area contributed by atoms with Gasteiger partial charge in [0.1, 0.15) is 11.6 Å². The van der Waals surface area contributed by atoms with Crippen LogP contribution >= 0.6 is 0 Å². The van der Waals surface area contributed by atoms with Gasteiger partial charge in [0.25, 0.3) is 0 Å². The summed E-state index contributed by atoms with van der Waals surface area (Å²) < 4.78 is 5.04. The lowest BCUT2D eigenvalue weighted by atomic mass is 10.2. The van der Waals surface area contributed by atoms with Crippen LogP contribution in [0.25, 0.3) is 0 Å². The molecule has 0 radical (unpaired) electrons. The number of ether oxygens (including phenoxy) is 1. The van der Waals surface area contributed by atoms with E-state index in [1.807, 2.05) is 0 Å². The molecule has 78 valence electrons. The molecule has 0 bridgehead atoms. The van der Waals surface area contributed by atoms with Crippen LogP contribution in [0.2, 0.25) is 0 Å². The summed E-state index contributed by atoms with van der Waals surface area (Å²) in [7, 11) is 0. The van der Waals surface area contributed by atoms with Crippen molar-refractivity contribution in [3.05, 3.63) is 0 Å². The van der Waals surface area contributed by atoms with Crippen molar-refractivity contribution >= 4 is 5.97 Å². The van der Waals surface area contributed by atoms with Gasteiger partial charge in [-0.2, -0.15) is 0 Å². The Bertz CT molecular complexity index is 165. The van der Waals surface area contributed by atoms with Crippen LogP contribution < -0.4 is 11.6 Å². The van der Waals surface area contributed by atoms with Crippen molar-refractivity contribution in [3.63, 3.8) is 0 Å². The van der Waals surface area contributed by atoms with Gasteiger partial charge in [0, 0.05) is 0 Å². The molecule has 4 N–H and O–H groups in total. The van der Waals surface area contributed by atoms with E-state index < -0.39 is 17.6 Å². The Labute approximate surface area is 78.3 Å². The maximum Gasteiger partial charge on any atom is 0.323 e. The first-order chi connectivity index (χ1) is 5.87. The quantitative estimate of drug-likeness (QED) is 0.479. The van der Waals surface area contributed by atoms with Crippen molar-refractivity contribution < 1.29 is 14.4 Å². The second-order valence-electron chi connectivity index (χ2n) is 3.80. The van der Waals surface area contributed by atoms with Crippen LogP contribution in [0.4, 0.5) is 0 Å². The van der Waals surface area contributed by atoms with Crippen molar-refractivity contribution in [2.45, 2.75) is 38.8 Å². The molecule has 0 aliphatic carbocycles. The first kappa shape index (κ1) is 12.3. The SMILES string of the molecule is CC(C)(C)OC(=O)[C@@H](N)CCON. The minimum atomic E-state index is -0.664. The highest BCUT2D eigenvalue weighted by atomic mass is 16.6. The monoisotopic (exact) mass is 190 g/mol. The number of rotatable bonds is 4. The Kier molecular flexibility index (Phi) is 4.90. The number of nitrogens with two attached hydrogens (primary N) is 2. The molecular formula is C8H18N2O3. The molecule has 1 atom stereocenters. The Morgan fingerprint density at radius 2 is 2.00 bits per heavy atom. The van der Waals surface area contributed by atoms with Crippen molar-refractivity contribution in [2.75, 3.05) is 6.61 Å². The summed E-state index contributed by atoms with van der Waals surface area (Å²) in [5.41, 5.74) is 5.00. The van der Waals surface area contributed by atoms with Gasteiger partial charge in [-0.25, -0.2) is 5.90 Å². The molecule has 0 amide bonds. The summed E-state index contributed by atoms with van der Waals surface area (Å²) in [6, 6.07) is -0.664. The largest absolute Gasteiger partial charge is 0.459 e. The summed E-state index contributed by atoms with van der Waals surface area (Å²) >= 11 is 0. The van der Waals surface area contributed by atoms with Gasteiger partial charge in [-0.05, 0) is 27.2 Å². The fourth-order valence-electron chi connectivity index (χ4n) is 0.690. The highest BCUT2D eigenvalue weighted by Crippen LogP contribution is 2.08. The maximum atomic E-state index is 11.2. The number of hydrogen-bond donors (Lipinski definition) is 2. The molecule has 0 spiro atoms. The molecule has 0 aromatic carbocycles. The van der Waals surface area contributed by atoms with Gasteiger partial charge in [0.15, 0.2) is 0 Å². The Hall–Kier alpha value is -0.650. The second kappa shape index (κ2) is 5.16. The molecule has 0 fully saturated rings. The summed E-state index contributed by atoms with van der Waals surface area (Å²) in [5, 5.41) is 0. The molecule has 0 aliphatic rings. The van der Waals surface area contributed by atoms with Crippen molar-refractivity contribution in [1.82, 2.24) is 0 Å². The van der Waals surface area contributed by atoms with Gasteiger partial charge in [-0.15, -0.1) is 0 Å². The van der Waals surface area contributed by atoms with Crippen LogP contribution in [0.15, 0.2) is 0 Å². The zero-order chi connectivity index (χ0) is 10.5. The van der Waals surface area contributed by atoms with E-state index in [9.17, 15) is 4.79 Å². The molecule has 13 heavy (non-hydrogen) atoms. The number of esters is 1. The average Bonchev–Trinajstić information content (AvgIpc) is 1.96. The molecule has 0 aliphatic heterocycles. The normalized spacial score (nSPS) is 13.9. The Morgan fingerprint density at radius 1 is 1.46 bits per heavy atom. The van der Waals surface area contributed by atoms with E-state index in [0.717, 1.165) is 0 Å². The molecule has 0 saturated heterocycles. The van der Waals surface area contributed by atoms with Gasteiger partial charge in [0.2, 0.25) is 0 Å². The third kappa shape index (κ3) is 6.51.